The summed E-state index contributed by atoms with van der Waals surface area (Å²) in [7, 11) is 0. The van der Waals surface area contributed by atoms with E-state index in [-0.39, 0.29) is 126 Å². The standard InChI is InChI=1S/6Na.2Sn.Zn. The fourth-order valence-electron chi connectivity index (χ4n) is 0. The fourth-order valence-corrected chi connectivity index (χ4v) is 0. The molecule has 0 fully saturated rings. The second-order valence-electron chi connectivity index (χ2n) is 0. The third kappa shape index (κ3) is 48.5. The molecule has 0 heterocycles. The van der Waals surface area contributed by atoms with Crippen LogP contribution in [0, 0.1) is 0 Å². The Labute approximate surface area is 206 Å². The van der Waals surface area contributed by atoms with E-state index in [9.17, 15) is 0 Å². The Bertz CT molecular complexity index is 11.0. The molecule has 0 aromatic heterocycles. The zero-order chi connectivity index (χ0) is 4.00. The molecular weight excluding hydrogens is 441 g/mol. The van der Waals surface area contributed by atoms with Crippen LogP contribution in [0.2, 0.25) is 0 Å². The van der Waals surface area contributed by atoms with E-state index in [0.717, 1.165) is 0 Å². The zero-order valence-electron chi connectivity index (χ0n) is 7.71. The first-order valence-corrected chi connectivity index (χ1v) is 18.0. The molecule has 0 aromatic carbocycles. The van der Waals surface area contributed by atoms with Gasteiger partial charge in [-0.2, -0.15) is 0 Å². The van der Waals surface area contributed by atoms with Gasteiger partial charge in [-0.25, -0.2) is 0 Å². The molecule has 0 spiro atoms. The number of rotatable bonds is 0. The van der Waals surface area contributed by atoms with Crippen molar-refractivity contribution in [3.8, 4) is 0 Å². The summed E-state index contributed by atoms with van der Waals surface area (Å²) in [5.41, 5.74) is 0. The van der Waals surface area contributed by atoms with Crippen molar-refractivity contribution in [1.29, 1.82) is 0 Å². The van der Waals surface area contributed by atoms with E-state index in [1.54, 1.807) is 0 Å². The number of hydrogen-bond donors (Lipinski definition) is 0. The first-order chi connectivity index (χ1) is 2.00. The molecule has 0 atom stereocenters. The monoisotopic (exact) mass is 442 g/mol. The molecule has 0 saturated heterocycles. The van der Waals surface area contributed by atoms with Gasteiger partial charge in [-0.1, -0.05) is 0 Å². The van der Waals surface area contributed by atoms with Crippen molar-refractivity contribution < 1.29 is 19.5 Å². The Kier molecular flexibility index (Phi) is 268. The summed E-state index contributed by atoms with van der Waals surface area (Å²) in [6.07, 6.45) is 0. The molecule has 0 aliphatic heterocycles. The van der Waals surface area contributed by atoms with E-state index in [0.29, 0.717) is 0 Å². The van der Waals surface area contributed by atoms with E-state index in [2.05, 4.69) is 0 Å². The predicted molar refractivity (Wildman–Crippen MR) is 46.0 cm³/mol. The summed E-state index contributed by atoms with van der Waals surface area (Å²) < 4.78 is 0. The van der Waals surface area contributed by atoms with E-state index < -0.39 is 0 Å². The predicted octanol–water partition coefficient (Wildman–Crippen LogP) is -3.05. The van der Waals surface area contributed by atoms with E-state index in [4.69, 9.17) is 0 Å². The Morgan fingerprint density at radius 2 is 0.556 bits per heavy atom. The quantitative estimate of drug-likeness (QED) is 0.351. The van der Waals surface area contributed by atoms with Crippen LogP contribution >= 0.6 is 0 Å². The molecule has 0 aromatic rings. The van der Waals surface area contributed by atoms with Gasteiger partial charge in [0.05, 0.1) is 0 Å². The summed E-state index contributed by atoms with van der Waals surface area (Å²) in [6.45, 7) is 0. The van der Waals surface area contributed by atoms with Gasteiger partial charge in [0.25, 0.3) is 0 Å². The molecule has 16 valence electrons. The second-order valence-corrected chi connectivity index (χ2v) is 0. The SMILES string of the molecule is [Na].[Na].[Na][Na].[Na][Na].[Sn].[Sn].[Zn]. The molecule has 10 radical (unpaired) electrons. The maximum atomic E-state index is 1.44. The molecule has 0 N–H and O–H groups in total. The summed E-state index contributed by atoms with van der Waals surface area (Å²) in [4.78, 5) is 0. The Hall–Kier alpha value is 8.22. The Morgan fingerprint density at radius 1 is 0.556 bits per heavy atom. The molecule has 0 bridgehead atoms. The Morgan fingerprint density at radius 3 is 0.556 bits per heavy atom. The second kappa shape index (κ2) is 55.6. The molecule has 9 heavy (non-hydrogen) atoms. The average molecular weight is 441 g/mol. The summed E-state index contributed by atoms with van der Waals surface area (Å²) in [5.74, 6) is 0. The molecule has 9 heteroatoms. The van der Waals surface area contributed by atoms with Crippen LogP contribution in [0.15, 0.2) is 0 Å². The fraction of sp³-hybridized carbons (Fsp3) is 0. The van der Waals surface area contributed by atoms with Gasteiger partial charge in [-0.3, -0.25) is 0 Å². The molecule has 0 saturated carbocycles. The van der Waals surface area contributed by atoms with Gasteiger partial charge < -0.3 is 0 Å². The minimum absolute atomic E-state index is 0. The Balaban J connectivity index is -0.00000000114. The zero-order valence-corrected chi connectivity index (χ0v) is 28.4. The molecule has 0 amide bonds. The summed E-state index contributed by atoms with van der Waals surface area (Å²) in [6, 6.07) is 0. The van der Waals surface area contributed by atoms with Crippen molar-refractivity contribution in [3.05, 3.63) is 0 Å². The smallest absolute Gasteiger partial charge is 0 e. The molecule has 0 nitrogen and oxygen atoms in total. The first-order valence-electron chi connectivity index (χ1n) is 2.00. The third-order valence-electron chi connectivity index (χ3n) is 0. The molecule has 0 rings (SSSR count). The van der Waals surface area contributed by atoms with Gasteiger partial charge in [0.1, 0.15) is 0 Å². The van der Waals surface area contributed by atoms with E-state index in [1.807, 2.05) is 0 Å². The van der Waals surface area contributed by atoms with Gasteiger partial charge >= 0.3 is 87.2 Å². The van der Waals surface area contributed by atoms with Crippen LogP contribution in [-0.2, 0) is 19.5 Å². The minimum Gasteiger partial charge on any atom is 0 e. The van der Waals surface area contributed by atoms with Crippen molar-refractivity contribution in [2.24, 2.45) is 0 Å². The van der Waals surface area contributed by atoms with Gasteiger partial charge in [-0.05, 0) is 0 Å². The van der Waals surface area contributed by atoms with Crippen LogP contribution < -0.4 is 0 Å². The first kappa shape index (κ1) is 43.4. The van der Waals surface area contributed by atoms with Crippen molar-refractivity contribution in [1.82, 2.24) is 0 Å². The summed E-state index contributed by atoms with van der Waals surface area (Å²) in [5, 5.41) is 0. The molecular formula is Na6Sn2Zn. The topological polar surface area (TPSA) is 0 Å². The van der Waals surface area contributed by atoms with Gasteiger partial charge in [0.2, 0.25) is 0 Å². The van der Waals surface area contributed by atoms with E-state index in [1.165, 1.54) is 87.2 Å². The van der Waals surface area contributed by atoms with Crippen LogP contribution in [0.4, 0.5) is 0 Å². The largest absolute Gasteiger partial charge is 0 e. The van der Waals surface area contributed by atoms with Gasteiger partial charge in [0, 0.05) is 126 Å². The molecule has 0 aliphatic rings. The molecule has 0 aliphatic carbocycles. The van der Waals surface area contributed by atoms with Crippen molar-refractivity contribution in [2.45, 2.75) is 0 Å². The van der Waals surface area contributed by atoms with Gasteiger partial charge in [0.15, 0.2) is 0 Å². The molecule has 0 unspecified atom stereocenters. The maximum Gasteiger partial charge on any atom is 0 e. The van der Waals surface area contributed by atoms with Crippen LogP contribution in [-0.4, -0.2) is 194 Å². The van der Waals surface area contributed by atoms with Crippen molar-refractivity contribution >= 4 is 194 Å². The third-order valence-corrected chi connectivity index (χ3v) is 0. The van der Waals surface area contributed by atoms with Crippen LogP contribution in [0.5, 0.6) is 0 Å². The number of hydrogen-bond acceptors (Lipinski definition) is 0. The minimum atomic E-state index is 0. The maximum absolute atomic E-state index is 1.44. The normalized spacial score (nSPS) is 1.78. The van der Waals surface area contributed by atoms with Crippen molar-refractivity contribution in [3.63, 3.8) is 0 Å². The summed E-state index contributed by atoms with van der Waals surface area (Å²) >= 11 is 5.78. The van der Waals surface area contributed by atoms with Gasteiger partial charge in [-0.15, -0.1) is 0 Å². The van der Waals surface area contributed by atoms with Crippen LogP contribution in [0.1, 0.15) is 0 Å². The average Bonchev–Trinajstić information content (AvgIpc) is 1.50. The van der Waals surface area contributed by atoms with Crippen molar-refractivity contribution in [2.75, 3.05) is 0 Å². The van der Waals surface area contributed by atoms with Crippen LogP contribution in [0.25, 0.3) is 0 Å². The van der Waals surface area contributed by atoms with Crippen LogP contribution in [0.3, 0.4) is 0 Å². The van der Waals surface area contributed by atoms with E-state index >= 15 is 0 Å².